The molecule has 0 saturated heterocycles. The minimum Gasteiger partial charge on any atom is -0.367 e. The predicted octanol–water partition coefficient (Wildman–Crippen LogP) is 3.46. The molecule has 1 aliphatic rings. The van der Waals surface area contributed by atoms with Crippen molar-refractivity contribution in [3.05, 3.63) is 17.0 Å². The standard InChI is InChI=1S/C12H18ClN3/c1-7(2)12-15-10(13)6-11(16-12)14-8(3)9-4-5-9/h6-9H,4-5H2,1-3H3,(H,14,15,16). The number of halogens is 1. The van der Waals surface area contributed by atoms with Gasteiger partial charge in [0.15, 0.2) is 0 Å². The lowest BCUT2D eigenvalue weighted by atomic mass is 10.2. The highest BCUT2D eigenvalue weighted by molar-refractivity contribution is 6.29. The fourth-order valence-corrected chi connectivity index (χ4v) is 1.90. The average molecular weight is 240 g/mol. The highest BCUT2D eigenvalue weighted by atomic mass is 35.5. The molecule has 2 rings (SSSR count). The molecule has 1 N–H and O–H groups in total. The summed E-state index contributed by atoms with van der Waals surface area (Å²) in [6.07, 6.45) is 2.65. The summed E-state index contributed by atoms with van der Waals surface area (Å²) in [5.74, 6) is 2.76. The second kappa shape index (κ2) is 4.58. The van der Waals surface area contributed by atoms with E-state index < -0.39 is 0 Å². The first kappa shape index (κ1) is 11.6. The molecule has 88 valence electrons. The molecule has 1 heterocycles. The number of nitrogens with zero attached hydrogens (tertiary/aromatic N) is 2. The Kier molecular flexibility index (Phi) is 3.33. The van der Waals surface area contributed by atoms with Gasteiger partial charge < -0.3 is 5.32 Å². The van der Waals surface area contributed by atoms with E-state index in [0.717, 1.165) is 17.6 Å². The van der Waals surface area contributed by atoms with Gasteiger partial charge in [0.25, 0.3) is 0 Å². The maximum absolute atomic E-state index is 5.98. The molecule has 1 atom stereocenters. The molecule has 4 heteroatoms. The minimum absolute atomic E-state index is 0.301. The molecular weight excluding hydrogens is 222 g/mol. The van der Waals surface area contributed by atoms with Crippen LogP contribution in [-0.2, 0) is 0 Å². The van der Waals surface area contributed by atoms with E-state index in [1.807, 2.05) is 0 Å². The van der Waals surface area contributed by atoms with Gasteiger partial charge in [-0.2, -0.15) is 0 Å². The molecule has 3 nitrogen and oxygen atoms in total. The Balaban J connectivity index is 2.13. The smallest absolute Gasteiger partial charge is 0.135 e. The summed E-state index contributed by atoms with van der Waals surface area (Å²) < 4.78 is 0. The largest absolute Gasteiger partial charge is 0.367 e. The maximum atomic E-state index is 5.98. The van der Waals surface area contributed by atoms with Gasteiger partial charge in [-0.3, -0.25) is 0 Å². The molecule has 0 aromatic carbocycles. The molecular formula is C12H18ClN3. The van der Waals surface area contributed by atoms with Crippen LogP contribution < -0.4 is 5.32 Å². The van der Waals surface area contributed by atoms with Gasteiger partial charge in [0.05, 0.1) is 0 Å². The Morgan fingerprint density at radius 1 is 1.31 bits per heavy atom. The lowest BCUT2D eigenvalue weighted by molar-refractivity contribution is 0.685. The molecule has 1 aliphatic carbocycles. The second-order valence-corrected chi connectivity index (χ2v) is 5.25. The molecule has 1 fully saturated rings. The summed E-state index contributed by atoms with van der Waals surface area (Å²) in [4.78, 5) is 8.69. The first-order valence-electron chi connectivity index (χ1n) is 5.87. The molecule has 16 heavy (non-hydrogen) atoms. The number of nitrogens with one attached hydrogen (secondary N) is 1. The zero-order valence-corrected chi connectivity index (χ0v) is 10.8. The van der Waals surface area contributed by atoms with Crippen LogP contribution in [0.2, 0.25) is 5.15 Å². The van der Waals surface area contributed by atoms with Crippen molar-refractivity contribution < 1.29 is 0 Å². The van der Waals surface area contributed by atoms with E-state index in [1.165, 1.54) is 12.8 Å². The summed E-state index contributed by atoms with van der Waals surface area (Å²) >= 11 is 5.98. The Labute approximate surface area is 102 Å². The van der Waals surface area contributed by atoms with Crippen molar-refractivity contribution in [2.75, 3.05) is 5.32 Å². The molecule has 0 aliphatic heterocycles. The van der Waals surface area contributed by atoms with Gasteiger partial charge in [-0.25, -0.2) is 9.97 Å². The maximum Gasteiger partial charge on any atom is 0.135 e. The van der Waals surface area contributed by atoms with Gasteiger partial charge >= 0.3 is 0 Å². The van der Waals surface area contributed by atoms with Crippen molar-refractivity contribution in [1.29, 1.82) is 0 Å². The number of anilines is 1. The van der Waals surface area contributed by atoms with Gasteiger partial charge in [0, 0.05) is 18.0 Å². The third-order valence-electron chi connectivity index (χ3n) is 2.93. The van der Waals surface area contributed by atoms with E-state index >= 15 is 0 Å². The average Bonchev–Trinajstić information content (AvgIpc) is 2.99. The Morgan fingerprint density at radius 3 is 2.56 bits per heavy atom. The van der Waals surface area contributed by atoms with Gasteiger partial charge in [-0.1, -0.05) is 25.4 Å². The number of rotatable bonds is 4. The molecule has 0 bridgehead atoms. The number of aromatic nitrogens is 2. The second-order valence-electron chi connectivity index (χ2n) is 4.86. The van der Waals surface area contributed by atoms with Gasteiger partial charge in [-0.15, -0.1) is 0 Å². The van der Waals surface area contributed by atoms with Crippen LogP contribution in [0.3, 0.4) is 0 Å². The Hall–Kier alpha value is -0.830. The van der Waals surface area contributed by atoms with Gasteiger partial charge in [0.2, 0.25) is 0 Å². The zero-order chi connectivity index (χ0) is 11.7. The molecule has 1 aromatic heterocycles. The Bertz CT molecular complexity index is 375. The van der Waals surface area contributed by atoms with Crippen molar-refractivity contribution in [2.45, 2.75) is 45.6 Å². The summed E-state index contributed by atoms with van der Waals surface area (Å²) in [5.41, 5.74) is 0. The summed E-state index contributed by atoms with van der Waals surface area (Å²) in [6, 6.07) is 2.28. The molecule has 1 unspecified atom stereocenters. The Morgan fingerprint density at radius 2 is 2.00 bits per heavy atom. The molecule has 0 amide bonds. The lowest BCUT2D eigenvalue weighted by Crippen LogP contribution is -2.18. The van der Waals surface area contributed by atoms with Crippen LogP contribution >= 0.6 is 11.6 Å². The summed E-state index contributed by atoms with van der Waals surface area (Å²) in [5, 5.41) is 3.92. The van der Waals surface area contributed by atoms with E-state index in [0.29, 0.717) is 17.1 Å². The van der Waals surface area contributed by atoms with Crippen molar-refractivity contribution in [3.63, 3.8) is 0 Å². The first-order chi connectivity index (χ1) is 7.56. The van der Waals surface area contributed by atoms with Gasteiger partial charge in [0.1, 0.15) is 16.8 Å². The monoisotopic (exact) mass is 239 g/mol. The van der Waals surface area contributed by atoms with E-state index in [9.17, 15) is 0 Å². The van der Waals surface area contributed by atoms with Crippen LogP contribution in [-0.4, -0.2) is 16.0 Å². The normalized spacial score (nSPS) is 17.6. The van der Waals surface area contributed by atoms with E-state index in [2.05, 4.69) is 36.1 Å². The molecule has 0 spiro atoms. The van der Waals surface area contributed by atoms with Gasteiger partial charge in [-0.05, 0) is 25.7 Å². The third kappa shape index (κ3) is 2.85. The van der Waals surface area contributed by atoms with E-state index in [4.69, 9.17) is 11.6 Å². The topological polar surface area (TPSA) is 37.8 Å². The molecule has 1 saturated carbocycles. The fourth-order valence-electron chi connectivity index (χ4n) is 1.71. The molecule has 1 aromatic rings. The highest BCUT2D eigenvalue weighted by Crippen LogP contribution is 2.33. The first-order valence-corrected chi connectivity index (χ1v) is 6.25. The van der Waals surface area contributed by atoms with Crippen LogP contribution in [0, 0.1) is 5.92 Å². The third-order valence-corrected chi connectivity index (χ3v) is 3.13. The van der Waals surface area contributed by atoms with Crippen LogP contribution in [0.5, 0.6) is 0 Å². The quantitative estimate of drug-likeness (QED) is 0.818. The van der Waals surface area contributed by atoms with Crippen molar-refractivity contribution in [2.24, 2.45) is 5.92 Å². The van der Waals surface area contributed by atoms with Crippen molar-refractivity contribution in [3.8, 4) is 0 Å². The summed E-state index contributed by atoms with van der Waals surface area (Å²) in [7, 11) is 0. The van der Waals surface area contributed by atoms with Crippen molar-refractivity contribution >= 4 is 17.4 Å². The number of hydrogen-bond acceptors (Lipinski definition) is 3. The zero-order valence-electron chi connectivity index (χ0n) is 10.00. The SMILES string of the molecule is CC(C)c1nc(Cl)cc(NC(C)C2CC2)n1. The van der Waals surface area contributed by atoms with Crippen LogP contribution in [0.4, 0.5) is 5.82 Å². The van der Waals surface area contributed by atoms with Crippen molar-refractivity contribution in [1.82, 2.24) is 9.97 Å². The van der Waals surface area contributed by atoms with E-state index in [-0.39, 0.29) is 0 Å². The highest BCUT2D eigenvalue weighted by Gasteiger charge is 2.28. The molecule has 0 radical (unpaired) electrons. The number of hydrogen-bond donors (Lipinski definition) is 1. The van der Waals surface area contributed by atoms with Crippen LogP contribution in [0.15, 0.2) is 6.07 Å². The summed E-state index contributed by atoms with van der Waals surface area (Å²) in [6.45, 7) is 6.34. The van der Waals surface area contributed by atoms with Crippen LogP contribution in [0.25, 0.3) is 0 Å². The predicted molar refractivity (Wildman–Crippen MR) is 66.9 cm³/mol. The minimum atomic E-state index is 0.301. The van der Waals surface area contributed by atoms with E-state index in [1.54, 1.807) is 6.07 Å². The fraction of sp³-hybridized carbons (Fsp3) is 0.667. The lowest BCUT2D eigenvalue weighted by Gasteiger charge is -2.15. The van der Waals surface area contributed by atoms with Crippen LogP contribution in [0.1, 0.15) is 45.4 Å².